The van der Waals surface area contributed by atoms with Gasteiger partial charge in [0.25, 0.3) is 31.9 Å². The first-order valence-electron chi connectivity index (χ1n) is 28.4. The van der Waals surface area contributed by atoms with Crippen LogP contribution in [0, 0.1) is 27.7 Å². The highest BCUT2D eigenvalue weighted by atomic mass is 32.2. The zero-order valence-corrected chi connectivity index (χ0v) is 50.2. The van der Waals surface area contributed by atoms with Crippen LogP contribution in [-0.2, 0) is 52.3 Å². The Morgan fingerprint density at radius 2 is 0.732 bits per heavy atom. The quantitative estimate of drug-likeness (QED) is 0.0121. The third-order valence-electron chi connectivity index (χ3n) is 14.5. The monoisotopic (exact) mass is 1160 g/mol. The summed E-state index contributed by atoms with van der Waals surface area (Å²) in [5, 5.41) is 5.85. The van der Waals surface area contributed by atoms with Crippen LogP contribution in [0.5, 0.6) is 0 Å². The Morgan fingerprint density at radius 1 is 0.427 bits per heavy atom. The maximum Gasteiger partial charge on any atom is 0.329 e. The smallest absolute Gasteiger partial charge is 0.320 e. The average Bonchev–Trinajstić information content (AvgIpc) is 3.64. The van der Waals surface area contributed by atoms with Gasteiger partial charge in [0.2, 0.25) is 13.1 Å². The van der Waals surface area contributed by atoms with Crippen molar-refractivity contribution < 1.29 is 45.1 Å². The molecule has 0 aliphatic carbocycles. The fraction of sp³-hybridized carbons (Fsp3) is 0.387. The van der Waals surface area contributed by atoms with E-state index in [4.69, 9.17) is 0 Å². The van der Waals surface area contributed by atoms with E-state index < -0.39 is 31.9 Å². The number of nitrogens with zero attached hydrogens (tertiary/aromatic N) is 2. The van der Waals surface area contributed by atoms with Gasteiger partial charge in [-0.3, -0.25) is 50.3 Å². The Bertz CT molecular complexity index is 3120. The molecule has 0 unspecified atom stereocenters. The van der Waals surface area contributed by atoms with Crippen LogP contribution in [0.15, 0.2) is 132 Å². The summed E-state index contributed by atoms with van der Waals surface area (Å²) in [5.41, 5.74) is 16.4. The maximum atomic E-state index is 13.7. The van der Waals surface area contributed by atoms with Crippen LogP contribution in [0.4, 0.5) is 34.1 Å². The van der Waals surface area contributed by atoms with Gasteiger partial charge in [0.05, 0.1) is 21.2 Å². The van der Waals surface area contributed by atoms with E-state index in [1.54, 1.807) is 39.8 Å². The van der Waals surface area contributed by atoms with Gasteiger partial charge in [-0.25, -0.2) is 16.8 Å². The Hall–Kier alpha value is -7.84. The molecule has 4 amide bonds. The number of rotatable bonds is 30. The summed E-state index contributed by atoms with van der Waals surface area (Å²) in [6.45, 7) is 15.8. The molecule has 0 atom stereocenters. The Morgan fingerprint density at radius 3 is 1.04 bits per heavy atom. The van der Waals surface area contributed by atoms with Crippen molar-refractivity contribution in [2.24, 2.45) is 0 Å². The number of pyridine rings is 2. The van der Waals surface area contributed by atoms with Crippen molar-refractivity contribution in [1.82, 2.24) is 10.9 Å². The number of hydrogen-bond acceptors (Lipinski definition) is 10. The highest BCUT2D eigenvalue weighted by molar-refractivity contribution is 7.93. The average molecular weight is 1160 g/mol. The van der Waals surface area contributed by atoms with Crippen molar-refractivity contribution in [2.75, 3.05) is 30.9 Å². The second kappa shape index (κ2) is 30.3. The Balaban J connectivity index is 0.959. The third kappa shape index (κ3) is 18.1. The molecule has 0 fully saturated rings. The zero-order chi connectivity index (χ0) is 59.4. The molecule has 0 saturated carbocycles. The summed E-state index contributed by atoms with van der Waals surface area (Å²) in [4.78, 5) is 51.9. The van der Waals surface area contributed by atoms with Gasteiger partial charge in [-0.15, -0.1) is 0 Å². The first-order valence-corrected chi connectivity index (χ1v) is 31.4. The number of sulfonamides is 2. The number of aromatic nitrogens is 2. The summed E-state index contributed by atoms with van der Waals surface area (Å²) in [6, 6.07) is 26.5. The van der Waals surface area contributed by atoms with Crippen LogP contribution in [0.25, 0.3) is 0 Å². The number of aryl methyl sites for hydroxylation is 2. The van der Waals surface area contributed by atoms with Gasteiger partial charge in [0.1, 0.15) is 0 Å². The lowest BCUT2D eigenvalue weighted by molar-refractivity contribution is -0.684. The molecule has 4 aromatic carbocycles. The number of hydrogen-bond donors (Lipinski definition) is 8. The number of nitrogens with one attached hydrogen (secondary N) is 8. The van der Waals surface area contributed by atoms with Crippen molar-refractivity contribution in [2.45, 2.75) is 167 Å². The molecule has 0 spiro atoms. The van der Waals surface area contributed by atoms with E-state index in [0.717, 1.165) is 51.4 Å². The third-order valence-corrected chi connectivity index (χ3v) is 17.6. The zero-order valence-electron chi connectivity index (χ0n) is 48.6. The second-order valence-electron chi connectivity index (χ2n) is 21.0. The van der Waals surface area contributed by atoms with E-state index in [1.807, 2.05) is 33.9 Å². The number of unbranched alkanes of at least 4 members (excludes halogenated alkanes) is 4. The van der Waals surface area contributed by atoms with Crippen LogP contribution >= 0.6 is 0 Å². The molecule has 0 aliphatic heterocycles. The number of carbonyl (C=O) groups is 4. The Labute approximate surface area is 484 Å². The lowest BCUT2D eigenvalue weighted by Crippen LogP contribution is -2.44. The summed E-state index contributed by atoms with van der Waals surface area (Å²) in [5.74, 6) is -1.74. The predicted molar refractivity (Wildman–Crippen MR) is 324 cm³/mol. The summed E-state index contributed by atoms with van der Waals surface area (Å²) in [7, 11) is -8.25. The van der Waals surface area contributed by atoms with Crippen LogP contribution in [0.1, 0.15) is 150 Å². The van der Waals surface area contributed by atoms with E-state index in [-0.39, 0.29) is 46.1 Å². The number of benzene rings is 4. The van der Waals surface area contributed by atoms with Crippen LogP contribution < -0.4 is 50.9 Å². The molecule has 0 bridgehead atoms. The SMILES string of the molecule is CCCCC(CCCC)c1cc[n+](CC(=O)Nc2c(C)ccc(S(=O)(=O)Nc3ccc(NNC(=O)C(=O)NNc4ccc(NS(=O)(=O)c5ccc(C)c(NC(=O)C[n+]6ccc(C(CCCC)CCCC)cc6)c5C)cc4)cc3)c2C)cc1. The molecule has 0 saturated heterocycles. The molecule has 2 heterocycles. The van der Waals surface area contributed by atoms with Crippen molar-refractivity contribution in [3.63, 3.8) is 0 Å². The topological polar surface area (TPSA) is 241 Å². The van der Waals surface area contributed by atoms with Crippen molar-refractivity contribution in [3.05, 3.63) is 155 Å². The van der Waals surface area contributed by atoms with Gasteiger partial charge in [0, 0.05) is 47.0 Å². The van der Waals surface area contributed by atoms with Gasteiger partial charge in [-0.05, 0) is 159 Å². The van der Waals surface area contributed by atoms with Gasteiger partial charge in [-0.1, -0.05) is 91.2 Å². The van der Waals surface area contributed by atoms with Gasteiger partial charge >= 0.3 is 11.8 Å². The standard InChI is InChI=1S/C62H80N10O8S2/c1-9-13-17-47(18-14-10-2)49-33-37-71(38-34-49)41-57(73)63-59-43(5)21-31-55(45(59)7)81(77,78)69-53-27-23-51(24-28-53)65-67-61(75)62(76)68-66-52-25-29-54(30-26-52)70-82(79,80)56-32-22-44(6)60(46(56)8)64-58(74)42-72-39-35-50(36-40-72)48(19-15-11-3)20-16-12-4/h21-40,47-48H,9-20,41-42H2,1-8H3,(H6-2,63,64,65,66,67,68,69,70,73,74,75,76)/p+2. The molecule has 0 radical (unpaired) electrons. The number of anilines is 6. The largest absolute Gasteiger partial charge is 0.329 e. The van der Waals surface area contributed by atoms with Gasteiger partial charge in [-0.2, -0.15) is 9.13 Å². The minimum atomic E-state index is -4.13. The summed E-state index contributed by atoms with van der Waals surface area (Å²) >= 11 is 0. The van der Waals surface area contributed by atoms with E-state index >= 15 is 0 Å². The first-order chi connectivity index (χ1) is 39.2. The molecule has 6 aromatic rings. The highest BCUT2D eigenvalue weighted by Gasteiger charge is 2.25. The minimum Gasteiger partial charge on any atom is -0.320 e. The second-order valence-corrected chi connectivity index (χ2v) is 24.3. The summed E-state index contributed by atoms with van der Waals surface area (Å²) < 4.78 is 63.6. The first kappa shape index (κ1) is 63.3. The van der Waals surface area contributed by atoms with E-state index in [9.17, 15) is 36.0 Å². The molecule has 0 aliphatic rings. The van der Waals surface area contributed by atoms with Gasteiger partial charge in [0.15, 0.2) is 24.8 Å². The van der Waals surface area contributed by atoms with Crippen LogP contribution in [0.3, 0.4) is 0 Å². The molecular formula is C62H82N10O8S2+2. The molecule has 8 N–H and O–H groups in total. The number of amides is 4. The lowest BCUT2D eigenvalue weighted by atomic mass is 9.90. The molecule has 82 heavy (non-hydrogen) atoms. The molecule has 2 aromatic heterocycles. The maximum absolute atomic E-state index is 13.7. The Kier molecular flexibility index (Phi) is 23.4. The molecule has 20 heteroatoms. The fourth-order valence-corrected chi connectivity index (χ4v) is 12.4. The molecule has 438 valence electrons. The van der Waals surface area contributed by atoms with E-state index in [0.29, 0.717) is 56.8 Å². The highest BCUT2D eigenvalue weighted by Crippen LogP contribution is 2.32. The lowest BCUT2D eigenvalue weighted by Gasteiger charge is -2.17. The number of hydrazine groups is 2. The predicted octanol–water partition coefficient (Wildman–Crippen LogP) is 10.9. The van der Waals surface area contributed by atoms with Crippen molar-refractivity contribution in [3.8, 4) is 0 Å². The molecular weight excluding hydrogens is 1080 g/mol. The van der Waals surface area contributed by atoms with Crippen LogP contribution in [-0.4, -0.2) is 40.5 Å². The normalized spacial score (nSPS) is 11.5. The summed E-state index contributed by atoms with van der Waals surface area (Å²) in [6.07, 6.45) is 21.5. The van der Waals surface area contributed by atoms with Gasteiger partial charge < -0.3 is 10.6 Å². The molecule has 6 rings (SSSR count). The minimum absolute atomic E-state index is 0.0167. The fourth-order valence-electron chi connectivity index (χ4n) is 9.80. The molecule has 18 nitrogen and oxygen atoms in total. The van der Waals surface area contributed by atoms with Crippen molar-refractivity contribution >= 4 is 77.8 Å². The van der Waals surface area contributed by atoms with E-state index in [1.165, 1.54) is 97.5 Å². The van der Waals surface area contributed by atoms with E-state index in [2.05, 4.69) is 93.7 Å². The number of carbonyl (C=O) groups excluding carboxylic acids is 4. The van der Waals surface area contributed by atoms with Crippen molar-refractivity contribution in [1.29, 1.82) is 0 Å². The van der Waals surface area contributed by atoms with Crippen LogP contribution in [0.2, 0.25) is 0 Å².